The molecule has 1 aromatic heterocycles. The largest absolute Gasteiger partial charge is 0.421 e. The van der Waals surface area contributed by atoms with E-state index in [1.807, 2.05) is 30.0 Å². The zero-order valence-corrected chi connectivity index (χ0v) is 18.9. The van der Waals surface area contributed by atoms with Gasteiger partial charge in [0.1, 0.15) is 11.6 Å². The van der Waals surface area contributed by atoms with Crippen molar-refractivity contribution in [1.29, 1.82) is 5.26 Å². The number of aliphatic hydroxyl groups excluding tert-OH is 1. The van der Waals surface area contributed by atoms with E-state index < -0.39 is 0 Å². The van der Waals surface area contributed by atoms with Crippen LogP contribution in [0.2, 0.25) is 0 Å². The van der Waals surface area contributed by atoms with Crippen molar-refractivity contribution in [2.75, 3.05) is 56.7 Å². The van der Waals surface area contributed by atoms with Crippen molar-refractivity contribution in [3.8, 4) is 17.2 Å². The Hall–Kier alpha value is -3.08. The molecule has 0 aliphatic carbocycles. The van der Waals surface area contributed by atoms with Gasteiger partial charge in [0.05, 0.1) is 11.3 Å². The lowest BCUT2D eigenvalue weighted by molar-refractivity contribution is 0.196. The molecular formula is C25H29N5O2. The van der Waals surface area contributed by atoms with Crippen molar-refractivity contribution in [2.24, 2.45) is 5.92 Å². The van der Waals surface area contributed by atoms with Gasteiger partial charge >= 0.3 is 0 Å². The average molecular weight is 432 g/mol. The van der Waals surface area contributed by atoms with Gasteiger partial charge in [-0.05, 0) is 38.6 Å². The summed E-state index contributed by atoms with van der Waals surface area (Å²) in [4.78, 5) is 11.5. The van der Waals surface area contributed by atoms with Gasteiger partial charge in [0.15, 0.2) is 5.58 Å². The second-order valence-electron chi connectivity index (χ2n) is 9.18. The van der Waals surface area contributed by atoms with Gasteiger partial charge < -0.3 is 24.2 Å². The summed E-state index contributed by atoms with van der Waals surface area (Å²) in [5.41, 5.74) is 5.99. The highest BCUT2D eigenvalue weighted by molar-refractivity contribution is 6.03. The number of nitrogens with zero attached hydrogens (tertiary/aromatic N) is 5. The Bertz CT molecular complexity index is 1170. The topological polar surface area (TPSA) is 79.8 Å². The molecule has 1 unspecified atom stereocenters. The first-order valence-electron chi connectivity index (χ1n) is 11.2. The average Bonchev–Trinajstić information content (AvgIpc) is 3.41. The van der Waals surface area contributed by atoms with E-state index in [0.29, 0.717) is 28.7 Å². The number of aliphatic hydroxyl groups is 1. The van der Waals surface area contributed by atoms with Crippen LogP contribution in [0, 0.1) is 24.2 Å². The first kappa shape index (κ1) is 20.8. The molecule has 2 aliphatic rings. The van der Waals surface area contributed by atoms with Gasteiger partial charge in [0, 0.05) is 50.3 Å². The number of likely N-dealkylation sites (N-methyl/N-ethyl adjacent to an activating group) is 1. The zero-order chi connectivity index (χ0) is 22.4. The third kappa shape index (κ3) is 3.31. The second-order valence-corrected chi connectivity index (χ2v) is 9.18. The van der Waals surface area contributed by atoms with Crippen LogP contribution in [0.1, 0.15) is 17.5 Å². The molecule has 5 rings (SSSR count). The molecule has 1 N–H and O–H groups in total. The van der Waals surface area contributed by atoms with Crippen LogP contribution in [0.5, 0.6) is 0 Å². The lowest BCUT2D eigenvalue weighted by Gasteiger charge is -2.36. The standard InChI is InChI=1S/C25H29N5O2/c1-16-20(11-26)22-24(32-25(27-22)30-12-17(13-30)15-31)23(21(16)18-7-5-4-6-8-18)29-10-9-19(14-29)28(2)3/h4-8,17,19,31H,9-10,12-15H2,1-3H3. The number of benzene rings is 2. The number of nitriles is 1. The third-order valence-electron chi connectivity index (χ3n) is 6.92. The number of fused-ring (bicyclic) bond motifs is 1. The van der Waals surface area contributed by atoms with Crippen molar-refractivity contribution in [1.82, 2.24) is 9.88 Å². The van der Waals surface area contributed by atoms with Crippen LogP contribution in [-0.2, 0) is 0 Å². The minimum atomic E-state index is 0.169. The van der Waals surface area contributed by atoms with E-state index in [1.54, 1.807) is 0 Å². The summed E-state index contributed by atoms with van der Waals surface area (Å²) in [6.45, 7) is 5.45. The van der Waals surface area contributed by atoms with E-state index in [0.717, 1.165) is 55.0 Å². The van der Waals surface area contributed by atoms with E-state index >= 15 is 0 Å². The maximum atomic E-state index is 10.1. The van der Waals surface area contributed by atoms with Crippen LogP contribution < -0.4 is 9.80 Å². The molecule has 32 heavy (non-hydrogen) atoms. The predicted octanol–water partition coefficient (Wildman–Crippen LogP) is 3.24. The summed E-state index contributed by atoms with van der Waals surface area (Å²) < 4.78 is 6.39. The second kappa shape index (κ2) is 8.12. The number of aromatic nitrogens is 1. The SMILES string of the molecule is Cc1c(-c2ccccc2)c(N2CCC(N(C)C)C2)c2oc(N3CC(CO)C3)nc2c1C#N. The minimum Gasteiger partial charge on any atom is -0.421 e. The van der Waals surface area contributed by atoms with E-state index in [1.165, 1.54) is 0 Å². The third-order valence-corrected chi connectivity index (χ3v) is 6.92. The fourth-order valence-electron chi connectivity index (χ4n) is 4.97. The fraction of sp³-hybridized carbons (Fsp3) is 0.440. The summed E-state index contributed by atoms with van der Waals surface area (Å²) in [6, 6.07) is 13.7. The molecule has 2 saturated heterocycles. The minimum absolute atomic E-state index is 0.169. The van der Waals surface area contributed by atoms with Crippen molar-refractivity contribution in [3.05, 3.63) is 41.5 Å². The highest BCUT2D eigenvalue weighted by atomic mass is 16.4. The Kier molecular flexibility index (Phi) is 5.28. The summed E-state index contributed by atoms with van der Waals surface area (Å²) in [7, 11) is 4.25. The summed E-state index contributed by atoms with van der Waals surface area (Å²) in [5.74, 6) is 0.251. The molecule has 0 spiro atoms. The maximum absolute atomic E-state index is 10.1. The van der Waals surface area contributed by atoms with Crippen LogP contribution in [0.4, 0.5) is 11.7 Å². The van der Waals surface area contributed by atoms with Gasteiger partial charge in [-0.1, -0.05) is 30.3 Å². The lowest BCUT2D eigenvalue weighted by Crippen LogP contribution is -2.48. The first-order chi connectivity index (χ1) is 15.5. The molecule has 0 bridgehead atoms. The van der Waals surface area contributed by atoms with Crippen molar-refractivity contribution < 1.29 is 9.52 Å². The first-order valence-corrected chi connectivity index (χ1v) is 11.2. The Morgan fingerprint density at radius 3 is 2.56 bits per heavy atom. The van der Waals surface area contributed by atoms with Crippen LogP contribution >= 0.6 is 0 Å². The molecule has 2 aromatic carbocycles. The zero-order valence-electron chi connectivity index (χ0n) is 18.9. The van der Waals surface area contributed by atoms with Crippen LogP contribution in [-0.4, -0.2) is 67.9 Å². The summed E-state index contributed by atoms with van der Waals surface area (Å²) >= 11 is 0. The van der Waals surface area contributed by atoms with Gasteiger partial charge in [-0.25, -0.2) is 0 Å². The molecule has 7 nitrogen and oxygen atoms in total. The monoisotopic (exact) mass is 431 g/mol. The van der Waals surface area contributed by atoms with Crippen LogP contribution in [0.3, 0.4) is 0 Å². The summed E-state index contributed by atoms with van der Waals surface area (Å²) in [6.07, 6.45) is 1.08. The molecular weight excluding hydrogens is 402 g/mol. The lowest BCUT2D eigenvalue weighted by atomic mass is 9.93. The van der Waals surface area contributed by atoms with Gasteiger partial charge in [0.2, 0.25) is 0 Å². The van der Waals surface area contributed by atoms with Crippen LogP contribution in [0.15, 0.2) is 34.7 Å². The highest BCUT2D eigenvalue weighted by Gasteiger charge is 2.34. The van der Waals surface area contributed by atoms with E-state index in [2.05, 4.69) is 42.1 Å². The molecule has 3 aromatic rings. The Morgan fingerprint density at radius 1 is 1.19 bits per heavy atom. The van der Waals surface area contributed by atoms with Crippen molar-refractivity contribution in [2.45, 2.75) is 19.4 Å². The molecule has 2 aliphatic heterocycles. The van der Waals surface area contributed by atoms with E-state index in [-0.39, 0.29) is 12.5 Å². The van der Waals surface area contributed by atoms with Crippen molar-refractivity contribution in [3.63, 3.8) is 0 Å². The van der Waals surface area contributed by atoms with E-state index in [9.17, 15) is 10.4 Å². The maximum Gasteiger partial charge on any atom is 0.298 e. The molecule has 0 saturated carbocycles. The molecule has 3 heterocycles. The molecule has 7 heteroatoms. The fourth-order valence-corrected chi connectivity index (χ4v) is 4.97. The van der Waals surface area contributed by atoms with Gasteiger partial charge in [-0.2, -0.15) is 10.2 Å². The van der Waals surface area contributed by atoms with Crippen molar-refractivity contribution >= 4 is 22.8 Å². The van der Waals surface area contributed by atoms with E-state index in [4.69, 9.17) is 9.40 Å². The molecule has 1 atom stereocenters. The summed E-state index contributed by atoms with van der Waals surface area (Å²) in [5, 5.41) is 19.5. The number of hydrogen-bond donors (Lipinski definition) is 1. The van der Waals surface area contributed by atoms with Gasteiger partial charge in [-0.15, -0.1) is 0 Å². The molecule has 2 fully saturated rings. The number of rotatable bonds is 5. The normalized spacial score (nSPS) is 19.1. The number of anilines is 2. The highest BCUT2D eigenvalue weighted by Crippen LogP contribution is 2.45. The van der Waals surface area contributed by atoms with Gasteiger partial charge in [-0.3, -0.25) is 0 Å². The predicted molar refractivity (Wildman–Crippen MR) is 126 cm³/mol. The van der Waals surface area contributed by atoms with Gasteiger partial charge in [0.25, 0.3) is 6.01 Å². The molecule has 166 valence electrons. The van der Waals surface area contributed by atoms with Crippen LogP contribution in [0.25, 0.3) is 22.2 Å². The number of oxazole rings is 1. The Labute approximate surface area is 188 Å². The Morgan fingerprint density at radius 2 is 1.94 bits per heavy atom. The quantitative estimate of drug-likeness (QED) is 0.664. The smallest absolute Gasteiger partial charge is 0.298 e. The molecule has 0 amide bonds. The Balaban J connectivity index is 1.72. The molecule has 0 radical (unpaired) electrons. The number of hydrogen-bond acceptors (Lipinski definition) is 7.